The zero-order valence-electron chi connectivity index (χ0n) is 9.73. The van der Waals surface area contributed by atoms with Crippen LogP contribution in [0.25, 0.3) is 23.1 Å². The van der Waals surface area contributed by atoms with Crippen molar-refractivity contribution >= 4 is 34.7 Å². The molecule has 18 heavy (non-hydrogen) atoms. The summed E-state index contributed by atoms with van der Waals surface area (Å²) < 4.78 is 0. The van der Waals surface area contributed by atoms with Crippen LogP contribution < -0.4 is 0 Å². The Bertz CT molecular complexity index is 677. The fraction of sp³-hybridized carbons (Fsp3) is 0. The molecule has 0 unspecified atom stereocenters. The minimum atomic E-state index is 0.768. The van der Waals surface area contributed by atoms with Crippen LogP contribution in [0.5, 0.6) is 0 Å². The van der Waals surface area contributed by atoms with E-state index < -0.39 is 0 Å². The molecule has 0 spiro atoms. The number of aromatic nitrogens is 1. The van der Waals surface area contributed by atoms with Crippen LogP contribution in [0.3, 0.4) is 0 Å². The van der Waals surface area contributed by atoms with Gasteiger partial charge in [-0.2, -0.15) is 0 Å². The Balaban J connectivity index is 1.95. The van der Waals surface area contributed by atoms with Crippen molar-refractivity contribution < 1.29 is 0 Å². The van der Waals surface area contributed by atoms with Crippen molar-refractivity contribution in [2.45, 2.75) is 0 Å². The maximum Gasteiger partial charge on any atom is 0.0478 e. The van der Waals surface area contributed by atoms with E-state index in [1.165, 1.54) is 5.39 Å². The minimum absolute atomic E-state index is 0.768. The molecule has 2 aromatic carbocycles. The van der Waals surface area contributed by atoms with Crippen LogP contribution in [0.1, 0.15) is 11.3 Å². The fourth-order valence-electron chi connectivity index (χ4n) is 1.98. The van der Waals surface area contributed by atoms with Crippen molar-refractivity contribution in [1.82, 2.24) is 4.98 Å². The SMILES string of the molecule is Clc1ccccc1C=Cc1cc2ccccc2[nH]1. The molecular weight excluding hydrogens is 242 g/mol. The van der Waals surface area contributed by atoms with Gasteiger partial charge in [-0.1, -0.05) is 54.1 Å². The van der Waals surface area contributed by atoms with Crippen molar-refractivity contribution in [3.05, 3.63) is 70.9 Å². The Labute approximate surface area is 111 Å². The fourth-order valence-corrected chi connectivity index (χ4v) is 2.17. The molecule has 0 radical (unpaired) electrons. The summed E-state index contributed by atoms with van der Waals surface area (Å²) in [5, 5.41) is 1.99. The summed E-state index contributed by atoms with van der Waals surface area (Å²) in [5.41, 5.74) is 3.25. The van der Waals surface area contributed by atoms with Crippen molar-refractivity contribution in [3.63, 3.8) is 0 Å². The summed E-state index contributed by atoms with van der Waals surface area (Å²) in [6.45, 7) is 0. The maximum atomic E-state index is 6.11. The number of nitrogens with one attached hydrogen (secondary N) is 1. The number of hydrogen-bond acceptors (Lipinski definition) is 0. The molecule has 3 aromatic rings. The molecule has 0 atom stereocenters. The van der Waals surface area contributed by atoms with Crippen molar-refractivity contribution in [1.29, 1.82) is 0 Å². The molecule has 1 N–H and O–H groups in total. The van der Waals surface area contributed by atoms with Crippen LogP contribution in [-0.2, 0) is 0 Å². The lowest BCUT2D eigenvalue weighted by Crippen LogP contribution is -1.74. The minimum Gasteiger partial charge on any atom is -0.355 e. The first kappa shape index (κ1) is 11.1. The standard InChI is InChI=1S/C16H12ClN/c17-15-7-3-1-5-12(15)9-10-14-11-13-6-2-4-8-16(13)18-14/h1-11,18H. The van der Waals surface area contributed by atoms with E-state index in [0.717, 1.165) is 21.8 Å². The highest BCUT2D eigenvalue weighted by Crippen LogP contribution is 2.19. The van der Waals surface area contributed by atoms with E-state index >= 15 is 0 Å². The summed E-state index contributed by atoms with van der Waals surface area (Å²) >= 11 is 6.11. The number of hydrogen-bond donors (Lipinski definition) is 1. The zero-order valence-corrected chi connectivity index (χ0v) is 10.5. The summed E-state index contributed by atoms with van der Waals surface area (Å²) in [7, 11) is 0. The topological polar surface area (TPSA) is 15.8 Å². The number of fused-ring (bicyclic) bond motifs is 1. The quantitative estimate of drug-likeness (QED) is 0.662. The summed E-state index contributed by atoms with van der Waals surface area (Å²) in [6, 6.07) is 18.2. The lowest BCUT2D eigenvalue weighted by Gasteiger charge is -1.95. The van der Waals surface area contributed by atoms with Gasteiger partial charge in [0.25, 0.3) is 0 Å². The van der Waals surface area contributed by atoms with Gasteiger partial charge in [-0.3, -0.25) is 0 Å². The van der Waals surface area contributed by atoms with E-state index in [4.69, 9.17) is 11.6 Å². The Hall–Kier alpha value is -1.99. The highest BCUT2D eigenvalue weighted by molar-refractivity contribution is 6.32. The molecule has 88 valence electrons. The predicted octanol–water partition coefficient (Wildman–Crippen LogP) is 4.99. The second-order valence-corrected chi connectivity index (χ2v) is 4.57. The van der Waals surface area contributed by atoms with Gasteiger partial charge in [0.15, 0.2) is 0 Å². The Morgan fingerprint density at radius 1 is 0.889 bits per heavy atom. The first-order valence-electron chi connectivity index (χ1n) is 5.83. The number of aromatic amines is 1. The number of halogens is 1. The second kappa shape index (κ2) is 4.71. The van der Waals surface area contributed by atoms with E-state index in [1.54, 1.807) is 0 Å². The first-order chi connectivity index (χ1) is 8.83. The van der Waals surface area contributed by atoms with E-state index in [0.29, 0.717) is 0 Å². The van der Waals surface area contributed by atoms with Crippen LogP contribution in [0.2, 0.25) is 5.02 Å². The maximum absolute atomic E-state index is 6.11. The van der Waals surface area contributed by atoms with Crippen LogP contribution in [0.15, 0.2) is 54.6 Å². The Morgan fingerprint density at radius 2 is 1.67 bits per heavy atom. The molecule has 1 heterocycles. The third-order valence-corrected chi connectivity index (χ3v) is 3.24. The van der Waals surface area contributed by atoms with Crippen LogP contribution in [-0.4, -0.2) is 4.98 Å². The number of H-pyrrole nitrogens is 1. The van der Waals surface area contributed by atoms with Crippen molar-refractivity contribution in [2.75, 3.05) is 0 Å². The summed E-state index contributed by atoms with van der Waals surface area (Å²) in [5.74, 6) is 0. The Kier molecular flexibility index (Phi) is 2.91. The Morgan fingerprint density at radius 3 is 2.50 bits per heavy atom. The molecular formula is C16H12ClN. The molecule has 2 heteroatoms. The zero-order chi connectivity index (χ0) is 12.4. The molecule has 0 bridgehead atoms. The van der Waals surface area contributed by atoms with Crippen molar-refractivity contribution in [3.8, 4) is 0 Å². The summed E-state index contributed by atoms with van der Waals surface area (Å²) in [6.07, 6.45) is 4.06. The van der Waals surface area contributed by atoms with Gasteiger partial charge in [0.05, 0.1) is 0 Å². The van der Waals surface area contributed by atoms with E-state index in [2.05, 4.69) is 23.2 Å². The average molecular weight is 254 g/mol. The van der Waals surface area contributed by atoms with Gasteiger partial charge < -0.3 is 4.98 Å². The monoisotopic (exact) mass is 253 g/mol. The van der Waals surface area contributed by atoms with Gasteiger partial charge in [-0.05, 0) is 35.2 Å². The third kappa shape index (κ3) is 2.18. The van der Waals surface area contributed by atoms with Crippen LogP contribution in [0, 0.1) is 0 Å². The lowest BCUT2D eigenvalue weighted by molar-refractivity contribution is 1.43. The molecule has 1 nitrogen and oxygen atoms in total. The average Bonchev–Trinajstić information content (AvgIpc) is 2.80. The van der Waals surface area contributed by atoms with Crippen LogP contribution >= 0.6 is 11.6 Å². The molecule has 0 fully saturated rings. The van der Waals surface area contributed by atoms with Gasteiger partial charge in [0, 0.05) is 16.2 Å². The van der Waals surface area contributed by atoms with Gasteiger partial charge in [-0.25, -0.2) is 0 Å². The lowest BCUT2D eigenvalue weighted by atomic mass is 10.2. The highest BCUT2D eigenvalue weighted by Gasteiger charge is 1.97. The molecule has 0 aliphatic carbocycles. The van der Waals surface area contributed by atoms with Gasteiger partial charge in [0.1, 0.15) is 0 Å². The molecule has 0 saturated heterocycles. The van der Waals surface area contributed by atoms with E-state index in [9.17, 15) is 0 Å². The summed E-state index contributed by atoms with van der Waals surface area (Å²) in [4.78, 5) is 3.36. The number of benzene rings is 2. The smallest absolute Gasteiger partial charge is 0.0478 e. The van der Waals surface area contributed by atoms with E-state index in [-0.39, 0.29) is 0 Å². The van der Waals surface area contributed by atoms with Gasteiger partial charge in [-0.15, -0.1) is 0 Å². The third-order valence-electron chi connectivity index (χ3n) is 2.90. The molecule has 0 aliphatic heterocycles. The van der Waals surface area contributed by atoms with Gasteiger partial charge in [0.2, 0.25) is 0 Å². The second-order valence-electron chi connectivity index (χ2n) is 4.17. The first-order valence-corrected chi connectivity index (χ1v) is 6.21. The molecule has 1 aromatic heterocycles. The number of rotatable bonds is 2. The normalized spacial score (nSPS) is 11.4. The van der Waals surface area contributed by atoms with Crippen LogP contribution in [0.4, 0.5) is 0 Å². The number of para-hydroxylation sites is 1. The van der Waals surface area contributed by atoms with E-state index in [1.807, 2.05) is 48.6 Å². The molecule has 0 amide bonds. The van der Waals surface area contributed by atoms with Gasteiger partial charge >= 0.3 is 0 Å². The molecule has 0 saturated carbocycles. The predicted molar refractivity (Wildman–Crippen MR) is 78.7 cm³/mol. The molecule has 0 aliphatic rings. The highest BCUT2D eigenvalue weighted by atomic mass is 35.5. The molecule has 3 rings (SSSR count). The van der Waals surface area contributed by atoms with Crippen molar-refractivity contribution in [2.24, 2.45) is 0 Å². The largest absolute Gasteiger partial charge is 0.355 e.